The molecule has 1 aliphatic heterocycles. The van der Waals surface area contributed by atoms with Crippen molar-refractivity contribution in [3.8, 4) is 5.75 Å². The number of methoxy groups -OCH3 is 1. The molecule has 1 aromatic carbocycles. The van der Waals surface area contributed by atoms with Crippen molar-refractivity contribution in [2.75, 3.05) is 43.6 Å². The van der Waals surface area contributed by atoms with Crippen LogP contribution in [-0.4, -0.2) is 39.3 Å². The van der Waals surface area contributed by atoms with Crippen LogP contribution in [0.25, 0.3) is 0 Å². The van der Waals surface area contributed by atoms with Crippen LogP contribution in [-0.2, 0) is 9.53 Å². The highest BCUT2D eigenvalue weighted by Crippen LogP contribution is 2.36. The molecule has 0 unspecified atom stereocenters. The van der Waals surface area contributed by atoms with Crippen molar-refractivity contribution in [2.24, 2.45) is 5.41 Å². The first kappa shape index (κ1) is 17.6. The number of rotatable bonds is 4. The topological polar surface area (TPSA) is 50.8 Å². The summed E-state index contributed by atoms with van der Waals surface area (Å²) < 4.78 is 10.9. The molecule has 128 valence electrons. The number of nitrogens with zero attached hydrogens (tertiary/aromatic N) is 1. The van der Waals surface area contributed by atoms with E-state index in [1.807, 2.05) is 13.0 Å². The summed E-state index contributed by atoms with van der Waals surface area (Å²) in [6.07, 6.45) is 0.470. The van der Waals surface area contributed by atoms with Crippen LogP contribution in [0.1, 0.15) is 32.8 Å². The van der Waals surface area contributed by atoms with Crippen LogP contribution in [0.15, 0.2) is 12.1 Å². The lowest BCUT2D eigenvalue weighted by atomic mass is 9.92. The normalized spacial score (nSPS) is 15.4. The molecule has 0 radical (unpaired) electrons. The Labute approximate surface area is 139 Å². The predicted octanol–water partition coefficient (Wildman–Crippen LogP) is 3.21. The van der Waals surface area contributed by atoms with Gasteiger partial charge in [-0.2, -0.15) is 0 Å². The second-order valence-corrected chi connectivity index (χ2v) is 7.17. The number of nitrogens with one attached hydrogen (secondary N) is 1. The van der Waals surface area contributed by atoms with Gasteiger partial charge in [-0.25, -0.2) is 0 Å². The Morgan fingerprint density at radius 1 is 1.30 bits per heavy atom. The zero-order valence-electron chi connectivity index (χ0n) is 14.9. The molecule has 1 fully saturated rings. The molecule has 5 nitrogen and oxygen atoms in total. The van der Waals surface area contributed by atoms with E-state index in [1.165, 1.54) is 0 Å². The molecule has 1 N–H and O–H groups in total. The summed E-state index contributed by atoms with van der Waals surface area (Å²) in [6.45, 7) is 11.4. The van der Waals surface area contributed by atoms with Crippen LogP contribution in [0.3, 0.4) is 0 Å². The highest BCUT2D eigenvalue weighted by molar-refractivity contribution is 5.94. The Morgan fingerprint density at radius 2 is 1.96 bits per heavy atom. The zero-order chi connectivity index (χ0) is 17.0. The quantitative estimate of drug-likeness (QED) is 0.925. The van der Waals surface area contributed by atoms with Crippen LogP contribution >= 0.6 is 0 Å². The van der Waals surface area contributed by atoms with Crippen LogP contribution < -0.4 is 15.0 Å². The Kier molecular flexibility index (Phi) is 5.52. The molecule has 23 heavy (non-hydrogen) atoms. The van der Waals surface area contributed by atoms with E-state index in [2.05, 4.69) is 37.1 Å². The number of benzene rings is 1. The van der Waals surface area contributed by atoms with Crippen LogP contribution in [0, 0.1) is 12.3 Å². The molecule has 5 heteroatoms. The van der Waals surface area contributed by atoms with E-state index >= 15 is 0 Å². The Morgan fingerprint density at radius 3 is 2.52 bits per heavy atom. The molecule has 0 bridgehead atoms. The standard InChI is InChI=1S/C18H28N2O3/c1-13-14(20-8-10-23-11-9-20)6-7-15(22-5)17(13)19-16(21)12-18(2,3)4/h6-7H,8-12H2,1-5H3,(H,19,21). The molecule has 0 aliphatic carbocycles. The molecule has 0 spiro atoms. The van der Waals surface area contributed by atoms with Gasteiger partial charge in [-0.05, 0) is 30.0 Å². The van der Waals surface area contributed by atoms with Gasteiger partial charge in [0.2, 0.25) is 5.91 Å². The van der Waals surface area contributed by atoms with E-state index in [4.69, 9.17) is 9.47 Å². The smallest absolute Gasteiger partial charge is 0.225 e. The summed E-state index contributed by atoms with van der Waals surface area (Å²) in [5, 5.41) is 3.04. The number of morpholine rings is 1. The summed E-state index contributed by atoms with van der Waals surface area (Å²) in [7, 11) is 1.63. The first-order valence-corrected chi connectivity index (χ1v) is 8.12. The van der Waals surface area contributed by atoms with E-state index in [1.54, 1.807) is 7.11 Å². The number of carbonyl (C=O) groups is 1. The van der Waals surface area contributed by atoms with E-state index < -0.39 is 0 Å². The Hall–Kier alpha value is -1.75. The third-order valence-electron chi connectivity index (χ3n) is 3.93. The van der Waals surface area contributed by atoms with Crippen molar-refractivity contribution >= 4 is 17.3 Å². The maximum absolute atomic E-state index is 12.3. The second kappa shape index (κ2) is 7.21. The minimum atomic E-state index is -0.0486. The first-order chi connectivity index (χ1) is 10.8. The van der Waals surface area contributed by atoms with Gasteiger partial charge in [0.15, 0.2) is 0 Å². The predicted molar refractivity (Wildman–Crippen MR) is 93.5 cm³/mol. The molecule has 1 aromatic rings. The average Bonchev–Trinajstić information content (AvgIpc) is 2.48. The molecule has 2 rings (SSSR count). The fourth-order valence-electron chi connectivity index (χ4n) is 2.81. The fraction of sp³-hybridized carbons (Fsp3) is 0.611. The monoisotopic (exact) mass is 320 g/mol. The number of ether oxygens (including phenoxy) is 2. The Bertz CT molecular complexity index is 558. The maximum atomic E-state index is 12.3. The summed E-state index contributed by atoms with van der Waals surface area (Å²) in [5.41, 5.74) is 2.88. The van der Waals surface area contributed by atoms with Gasteiger partial charge < -0.3 is 19.7 Å². The number of hydrogen-bond acceptors (Lipinski definition) is 4. The van der Waals surface area contributed by atoms with Gasteiger partial charge in [-0.3, -0.25) is 4.79 Å². The van der Waals surface area contributed by atoms with E-state index in [-0.39, 0.29) is 11.3 Å². The van der Waals surface area contributed by atoms with Crippen molar-refractivity contribution < 1.29 is 14.3 Å². The number of carbonyl (C=O) groups excluding carboxylic acids is 1. The van der Waals surface area contributed by atoms with Crippen molar-refractivity contribution in [3.63, 3.8) is 0 Å². The first-order valence-electron chi connectivity index (χ1n) is 8.12. The van der Waals surface area contributed by atoms with Gasteiger partial charge >= 0.3 is 0 Å². The minimum Gasteiger partial charge on any atom is -0.495 e. The lowest BCUT2D eigenvalue weighted by Crippen LogP contribution is -2.36. The summed E-state index contributed by atoms with van der Waals surface area (Å²) >= 11 is 0. The highest BCUT2D eigenvalue weighted by atomic mass is 16.5. The molecule has 0 saturated carbocycles. The molecule has 1 amide bonds. The van der Waals surface area contributed by atoms with Gasteiger partial charge in [0.25, 0.3) is 0 Å². The summed E-state index contributed by atoms with van der Waals surface area (Å²) in [5.74, 6) is 0.708. The fourth-order valence-corrected chi connectivity index (χ4v) is 2.81. The molecule has 1 aliphatic rings. The van der Waals surface area contributed by atoms with Gasteiger partial charge in [-0.1, -0.05) is 20.8 Å². The average molecular weight is 320 g/mol. The van der Waals surface area contributed by atoms with E-state index in [0.717, 1.165) is 43.2 Å². The van der Waals surface area contributed by atoms with Gasteiger partial charge in [0.05, 0.1) is 26.0 Å². The highest BCUT2D eigenvalue weighted by Gasteiger charge is 2.21. The molecule has 0 atom stereocenters. The minimum absolute atomic E-state index is 0.0121. The largest absolute Gasteiger partial charge is 0.495 e. The second-order valence-electron chi connectivity index (χ2n) is 7.17. The molecular formula is C18H28N2O3. The van der Waals surface area contributed by atoms with E-state index in [9.17, 15) is 4.79 Å². The van der Waals surface area contributed by atoms with Crippen molar-refractivity contribution in [2.45, 2.75) is 34.1 Å². The molecule has 1 saturated heterocycles. The lowest BCUT2D eigenvalue weighted by Gasteiger charge is -2.31. The van der Waals surface area contributed by atoms with Crippen LogP contribution in [0.4, 0.5) is 11.4 Å². The number of anilines is 2. The zero-order valence-corrected chi connectivity index (χ0v) is 14.9. The summed E-state index contributed by atoms with van der Waals surface area (Å²) in [6, 6.07) is 3.98. The third kappa shape index (κ3) is 4.61. The van der Waals surface area contributed by atoms with Gasteiger partial charge in [-0.15, -0.1) is 0 Å². The number of amides is 1. The van der Waals surface area contributed by atoms with Gasteiger partial charge in [0.1, 0.15) is 5.75 Å². The van der Waals surface area contributed by atoms with Crippen LogP contribution in [0.5, 0.6) is 5.75 Å². The van der Waals surface area contributed by atoms with E-state index in [0.29, 0.717) is 12.2 Å². The van der Waals surface area contributed by atoms with Gasteiger partial charge in [0, 0.05) is 25.2 Å². The van der Waals surface area contributed by atoms with Crippen molar-refractivity contribution in [1.82, 2.24) is 0 Å². The SMILES string of the molecule is COc1ccc(N2CCOCC2)c(C)c1NC(=O)CC(C)(C)C. The lowest BCUT2D eigenvalue weighted by molar-refractivity contribution is -0.117. The molecule has 0 aromatic heterocycles. The summed E-state index contributed by atoms with van der Waals surface area (Å²) in [4.78, 5) is 14.6. The molecular weight excluding hydrogens is 292 g/mol. The van der Waals surface area contributed by atoms with Crippen molar-refractivity contribution in [1.29, 1.82) is 0 Å². The molecule has 1 heterocycles. The Balaban J connectivity index is 2.27. The maximum Gasteiger partial charge on any atom is 0.225 e. The van der Waals surface area contributed by atoms with Crippen molar-refractivity contribution in [3.05, 3.63) is 17.7 Å². The van der Waals surface area contributed by atoms with Crippen LogP contribution in [0.2, 0.25) is 0 Å². The third-order valence-corrected chi connectivity index (χ3v) is 3.93. The number of hydrogen-bond donors (Lipinski definition) is 1.